The van der Waals surface area contributed by atoms with Crippen molar-refractivity contribution in [3.05, 3.63) is 66.8 Å². The van der Waals surface area contributed by atoms with E-state index < -0.39 is 0 Å². The predicted octanol–water partition coefficient (Wildman–Crippen LogP) is 5.60. The third-order valence-electron chi connectivity index (χ3n) is 3.59. The Morgan fingerprint density at radius 1 is 1.22 bits per heavy atom. The Labute approximate surface area is 177 Å². The minimum absolute atomic E-state index is 0.139. The summed E-state index contributed by atoms with van der Waals surface area (Å²) in [5.74, 6) is 0.959. The lowest BCUT2D eigenvalue weighted by Crippen LogP contribution is -2.11. The number of nitrogens with zero attached hydrogens (tertiary/aromatic N) is 3. The summed E-state index contributed by atoms with van der Waals surface area (Å²) >= 11 is 8.25. The van der Waals surface area contributed by atoms with Crippen LogP contribution in [-0.4, -0.2) is 22.6 Å². The number of aromatic hydroxyl groups is 1. The predicted molar refractivity (Wildman–Crippen MR) is 116 cm³/mol. The van der Waals surface area contributed by atoms with Gasteiger partial charge in [0, 0.05) is 15.4 Å². The number of benzene rings is 2. The van der Waals surface area contributed by atoms with Crippen molar-refractivity contribution in [2.45, 2.75) is 13.8 Å². The molecule has 0 saturated carbocycles. The van der Waals surface area contributed by atoms with Crippen molar-refractivity contribution in [1.82, 2.24) is 4.68 Å². The minimum atomic E-state index is 0.139. The molecule has 0 unspecified atom stereocenters. The van der Waals surface area contributed by atoms with Crippen molar-refractivity contribution < 1.29 is 9.84 Å². The summed E-state index contributed by atoms with van der Waals surface area (Å²) in [6.07, 6.45) is 1.61. The van der Waals surface area contributed by atoms with Crippen molar-refractivity contribution in [2.75, 3.05) is 6.61 Å². The molecule has 0 amide bonds. The van der Waals surface area contributed by atoms with Gasteiger partial charge in [0.05, 0.1) is 28.7 Å². The number of aryl methyl sites for hydroxylation is 1. The van der Waals surface area contributed by atoms with E-state index in [-0.39, 0.29) is 5.75 Å². The molecule has 0 spiro atoms. The van der Waals surface area contributed by atoms with Crippen molar-refractivity contribution >= 4 is 55.1 Å². The number of phenols is 1. The number of hydrogen-bond donors (Lipinski definition) is 1. The zero-order valence-electron chi connectivity index (χ0n) is 14.7. The Morgan fingerprint density at radius 2 is 1.96 bits per heavy atom. The summed E-state index contributed by atoms with van der Waals surface area (Å²) in [7, 11) is 0. The lowest BCUT2D eigenvalue weighted by Gasteiger charge is -2.04. The molecule has 1 N–H and O–H groups in total. The molecule has 1 heterocycles. The number of rotatable bonds is 5. The summed E-state index contributed by atoms with van der Waals surface area (Å²) in [5, 5.41) is 16.7. The molecule has 8 heteroatoms. The quantitative estimate of drug-likeness (QED) is 0.454. The van der Waals surface area contributed by atoms with Gasteiger partial charge in [-0.05, 0) is 66.2 Å². The van der Waals surface area contributed by atoms with Crippen LogP contribution >= 0.6 is 43.2 Å². The fourth-order valence-electron chi connectivity index (χ4n) is 2.30. The number of thiazole rings is 1. The first-order valence-corrected chi connectivity index (χ1v) is 10.6. The maximum absolute atomic E-state index is 10.2. The summed E-state index contributed by atoms with van der Waals surface area (Å²) in [6.45, 7) is 4.55. The van der Waals surface area contributed by atoms with Crippen LogP contribution < -0.4 is 9.54 Å². The monoisotopic (exact) mass is 509 g/mol. The lowest BCUT2D eigenvalue weighted by molar-refractivity contribution is 0.340. The number of hydrogen-bond acceptors (Lipinski definition) is 5. The van der Waals surface area contributed by atoms with E-state index in [2.05, 4.69) is 42.0 Å². The largest absolute Gasteiger partial charge is 0.506 e. The smallest absolute Gasteiger partial charge is 0.211 e. The second-order valence-electron chi connectivity index (χ2n) is 5.58. The highest BCUT2D eigenvalue weighted by Gasteiger charge is 2.06. The van der Waals surface area contributed by atoms with E-state index in [1.807, 2.05) is 43.5 Å². The van der Waals surface area contributed by atoms with E-state index in [1.165, 1.54) is 11.3 Å². The molecular formula is C19H17Br2N3O2S. The maximum atomic E-state index is 10.2. The molecule has 0 aliphatic heterocycles. The molecule has 0 aliphatic carbocycles. The van der Waals surface area contributed by atoms with Crippen LogP contribution in [0.25, 0.3) is 0 Å². The molecule has 0 radical (unpaired) electrons. The molecule has 5 nitrogen and oxygen atoms in total. The second kappa shape index (κ2) is 8.86. The van der Waals surface area contributed by atoms with Crippen LogP contribution in [0.3, 0.4) is 0 Å². The van der Waals surface area contributed by atoms with Gasteiger partial charge in [-0.15, -0.1) is 11.3 Å². The van der Waals surface area contributed by atoms with Gasteiger partial charge >= 0.3 is 0 Å². The summed E-state index contributed by atoms with van der Waals surface area (Å²) in [4.78, 5) is 5.40. The molecule has 140 valence electrons. The number of ether oxygens (including phenoxy) is 1. The van der Waals surface area contributed by atoms with Crippen LogP contribution in [0, 0.1) is 6.92 Å². The minimum Gasteiger partial charge on any atom is -0.506 e. The number of phenolic OH excluding ortho intramolecular Hbond substituents is 1. The third kappa shape index (κ3) is 4.88. The average Bonchev–Trinajstić information content (AvgIpc) is 2.98. The van der Waals surface area contributed by atoms with E-state index in [9.17, 15) is 5.11 Å². The Morgan fingerprint density at radius 3 is 2.67 bits per heavy atom. The number of halogens is 2. The molecule has 2 aromatic carbocycles. The van der Waals surface area contributed by atoms with E-state index in [0.717, 1.165) is 26.4 Å². The van der Waals surface area contributed by atoms with Gasteiger partial charge in [-0.1, -0.05) is 15.9 Å². The number of aromatic nitrogens is 1. The van der Waals surface area contributed by atoms with Gasteiger partial charge in [0.1, 0.15) is 11.5 Å². The molecule has 0 saturated heterocycles. The summed E-state index contributed by atoms with van der Waals surface area (Å²) in [5.41, 5.74) is 2.37. The van der Waals surface area contributed by atoms with Gasteiger partial charge in [-0.25, -0.2) is 9.67 Å². The molecule has 1 aromatic heterocycles. The van der Waals surface area contributed by atoms with Crippen LogP contribution in [0.4, 0.5) is 5.69 Å². The van der Waals surface area contributed by atoms with Gasteiger partial charge in [-0.2, -0.15) is 5.10 Å². The molecule has 0 aliphatic rings. The van der Waals surface area contributed by atoms with Crippen LogP contribution in [0.15, 0.2) is 60.8 Å². The van der Waals surface area contributed by atoms with E-state index in [4.69, 9.17) is 4.74 Å². The fraction of sp³-hybridized carbons (Fsp3) is 0.158. The zero-order chi connectivity index (χ0) is 19.4. The normalized spacial score (nSPS) is 12.1. The first kappa shape index (κ1) is 19.9. The van der Waals surface area contributed by atoms with Crippen molar-refractivity contribution in [2.24, 2.45) is 10.1 Å². The van der Waals surface area contributed by atoms with Gasteiger partial charge in [0.2, 0.25) is 4.80 Å². The maximum Gasteiger partial charge on any atom is 0.211 e. The van der Waals surface area contributed by atoms with Crippen LogP contribution in [0.2, 0.25) is 0 Å². The van der Waals surface area contributed by atoms with Crippen molar-refractivity contribution in [3.63, 3.8) is 0 Å². The highest BCUT2D eigenvalue weighted by molar-refractivity contribution is 9.11. The molecule has 3 rings (SSSR count). The highest BCUT2D eigenvalue weighted by atomic mass is 79.9. The zero-order valence-corrected chi connectivity index (χ0v) is 18.7. The molecule has 0 bridgehead atoms. The summed E-state index contributed by atoms with van der Waals surface area (Å²) in [6, 6.07) is 11.2. The summed E-state index contributed by atoms with van der Waals surface area (Å²) < 4.78 is 8.65. The fourth-order valence-corrected chi connectivity index (χ4v) is 4.38. The molecule has 0 fully saturated rings. The van der Waals surface area contributed by atoms with Crippen molar-refractivity contribution in [3.8, 4) is 11.5 Å². The van der Waals surface area contributed by atoms with Crippen LogP contribution in [-0.2, 0) is 0 Å². The van der Waals surface area contributed by atoms with Gasteiger partial charge in [-0.3, -0.25) is 0 Å². The topological polar surface area (TPSA) is 59.1 Å². The first-order valence-electron chi connectivity index (χ1n) is 8.15. The van der Waals surface area contributed by atoms with Crippen LogP contribution in [0.1, 0.15) is 18.2 Å². The molecule has 0 atom stereocenters. The van der Waals surface area contributed by atoms with E-state index in [0.29, 0.717) is 16.6 Å². The Hall–Kier alpha value is -1.90. The Kier molecular flexibility index (Phi) is 6.51. The van der Waals surface area contributed by atoms with E-state index in [1.54, 1.807) is 23.0 Å². The SMILES string of the molecule is CCOc1ccc(N=c2scc(C)n2N=Cc2cc(Br)cc(Br)c2O)cc1. The third-order valence-corrected chi connectivity index (χ3v) is 5.59. The Bertz CT molecular complexity index is 1040. The molecular weight excluding hydrogens is 494 g/mol. The van der Waals surface area contributed by atoms with Gasteiger partial charge in [0.25, 0.3) is 0 Å². The molecule has 27 heavy (non-hydrogen) atoms. The van der Waals surface area contributed by atoms with Gasteiger partial charge in [0.15, 0.2) is 0 Å². The van der Waals surface area contributed by atoms with E-state index >= 15 is 0 Å². The second-order valence-corrected chi connectivity index (χ2v) is 8.19. The van der Waals surface area contributed by atoms with Crippen LogP contribution in [0.5, 0.6) is 11.5 Å². The van der Waals surface area contributed by atoms with Crippen molar-refractivity contribution in [1.29, 1.82) is 0 Å². The first-order chi connectivity index (χ1) is 13.0. The highest BCUT2D eigenvalue weighted by Crippen LogP contribution is 2.30. The van der Waals surface area contributed by atoms with Gasteiger partial charge < -0.3 is 9.84 Å². The lowest BCUT2D eigenvalue weighted by atomic mass is 10.2. The standard InChI is InChI=1S/C19H17Br2N3O2S/c1-3-26-16-6-4-15(5-7-16)23-19-24(12(2)11-27-19)22-10-13-8-14(20)9-17(21)18(13)25/h4-11,25H,3H2,1-2H3. The Balaban J connectivity index is 1.95. The molecule has 3 aromatic rings. The average molecular weight is 511 g/mol.